The number of nitro groups is 1. The van der Waals surface area contributed by atoms with Crippen molar-refractivity contribution >= 4 is 34.8 Å². The Morgan fingerprint density at radius 1 is 1.53 bits per heavy atom. The summed E-state index contributed by atoms with van der Waals surface area (Å²) < 4.78 is 0. The predicted octanol–water partition coefficient (Wildman–Crippen LogP) is 2.72. The van der Waals surface area contributed by atoms with Crippen molar-refractivity contribution in [3.63, 3.8) is 0 Å². The van der Waals surface area contributed by atoms with Gasteiger partial charge >= 0.3 is 0 Å². The molecular formula is C11H10ClNO3S. The van der Waals surface area contributed by atoms with Crippen molar-refractivity contribution in [2.75, 3.05) is 11.5 Å². The average molecular weight is 272 g/mol. The van der Waals surface area contributed by atoms with E-state index in [2.05, 4.69) is 0 Å². The van der Waals surface area contributed by atoms with Crippen molar-refractivity contribution in [2.45, 2.75) is 6.42 Å². The predicted molar refractivity (Wildman–Crippen MR) is 67.6 cm³/mol. The maximum Gasteiger partial charge on any atom is 0.270 e. The van der Waals surface area contributed by atoms with Crippen molar-refractivity contribution in [3.05, 3.63) is 38.9 Å². The highest BCUT2D eigenvalue weighted by molar-refractivity contribution is 8.00. The highest BCUT2D eigenvalue weighted by Crippen LogP contribution is 2.28. The van der Waals surface area contributed by atoms with E-state index in [0.29, 0.717) is 17.2 Å². The number of carbonyl (C=O) groups is 1. The maximum atomic E-state index is 11.5. The molecule has 0 N–H and O–H groups in total. The lowest BCUT2D eigenvalue weighted by Gasteiger charge is -2.08. The lowest BCUT2D eigenvalue weighted by molar-refractivity contribution is -0.384. The molecule has 4 nitrogen and oxygen atoms in total. The summed E-state index contributed by atoms with van der Waals surface area (Å²) in [7, 11) is 0. The Hall–Kier alpha value is -1.07. The van der Waals surface area contributed by atoms with Crippen molar-refractivity contribution in [1.82, 2.24) is 0 Å². The van der Waals surface area contributed by atoms with Crippen molar-refractivity contribution in [1.29, 1.82) is 0 Å². The van der Waals surface area contributed by atoms with Crippen LogP contribution in [-0.2, 0) is 11.2 Å². The zero-order chi connectivity index (χ0) is 12.4. The molecule has 0 bridgehead atoms. The van der Waals surface area contributed by atoms with E-state index in [1.165, 1.54) is 12.1 Å². The number of halogens is 1. The quantitative estimate of drug-likeness (QED) is 0.626. The number of ketones is 1. The molecule has 1 heterocycles. The fraction of sp³-hybridized carbons (Fsp3) is 0.364. The first-order valence-corrected chi connectivity index (χ1v) is 6.64. The number of hydrogen-bond donors (Lipinski definition) is 0. The third-order valence-electron chi connectivity index (χ3n) is 2.73. The molecule has 0 spiro atoms. The molecule has 0 amide bonds. The summed E-state index contributed by atoms with van der Waals surface area (Å²) >= 11 is 7.60. The minimum Gasteiger partial charge on any atom is -0.298 e. The first-order valence-electron chi connectivity index (χ1n) is 5.11. The second-order valence-electron chi connectivity index (χ2n) is 3.92. The molecule has 1 aliphatic rings. The molecule has 6 heteroatoms. The molecule has 1 aromatic rings. The maximum absolute atomic E-state index is 11.5. The van der Waals surface area contributed by atoms with Gasteiger partial charge in [-0.2, -0.15) is 11.8 Å². The number of thioether (sulfide) groups is 1. The number of nitrogens with zero attached hydrogens (tertiary/aromatic N) is 1. The monoisotopic (exact) mass is 271 g/mol. The summed E-state index contributed by atoms with van der Waals surface area (Å²) in [5.74, 6) is 1.62. The van der Waals surface area contributed by atoms with Gasteiger partial charge in [0.05, 0.1) is 15.7 Å². The zero-order valence-corrected chi connectivity index (χ0v) is 10.5. The van der Waals surface area contributed by atoms with Crippen LogP contribution >= 0.6 is 23.4 Å². The van der Waals surface area contributed by atoms with Gasteiger partial charge in [0.1, 0.15) is 5.78 Å². The van der Waals surface area contributed by atoms with E-state index in [9.17, 15) is 14.9 Å². The number of Topliss-reactive ketones (excluding diaryl/α,β-unsaturated/α-hetero) is 1. The molecule has 1 fully saturated rings. The van der Waals surface area contributed by atoms with Gasteiger partial charge in [0.2, 0.25) is 0 Å². The topological polar surface area (TPSA) is 60.2 Å². The number of benzene rings is 1. The number of nitro benzene ring substituents is 1. The first-order chi connectivity index (χ1) is 8.08. The third kappa shape index (κ3) is 2.79. The molecular weight excluding hydrogens is 262 g/mol. The zero-order valence-electron chi connectivity index (χ0n) is 8.89. The highest BCUT2D eigenvalue weighted by Gasteiger charge is 2.26. The number of non-ortho nitro benzene ring substituents is 1. The fourth-order valence-electron chi connectivity index (χ4n) is 1.77. The minimum atomic E-state index is -0.480. The Bertz CT molecular complexity index is 478. The van der Waals surface area contributed by atoms with Crippen LogP contribution in [0.2, 0.25) is 5.02 Å². The Kier molecular flexibility index (Phi) is 3.69. The second kappa shape index (κ2) is 5.06. The number of carbonyl (C=O) groups excluding carboxylic acids is 1. The van der Waals surface area contributed by atoms with Gasteiger partial charge in [-0.15, -0.1) is 0 Å². The van der Waals surface area contributed by atoms with Crippen molar-refractivity contribution in [3.8, 4) is 0 Å². The van der Waals surface area contributed by atoms with Gasteiger partial charge < -0.3 is 0 Å². The molecule has 1 atom stereocenters. The lowest BCUT2D eigenvalue weighted by atomic mass is 9.98. The van der Waals surface area contributed by atoms with Crippen molar-refractivity contribution < 1.29 is 9.72 Å². The van der Waals surface area contributed by atoms with Gasteiger partial charge in [0, 0.05) is 23.8 Å². The SMILES string of the molecule is O=C1CSCC1Cc1ccc([N+](=O)[O-])cc1Cl. The molecule has 1 aromatic carbocycles. The molecule has 1 aliphatic heterocycles. The van der Waals surface area contributed by atoms with E-state index >= 15 is 0 Å². The van der Waals surface area contributed by atoms with Gasteiger partial charge in [-0.25, -0.2) is 0 Å². The van der Waals surface area contributed by atoms with Gasteiger partial charge in [0.25, 0.3) is 5.69 Å². The van der Waals surface area contributed by atoms with E-state index in [0.717, 1.165) is 11.3 Å². The summed E-state index contributed by atoms with van der Waals surface area (Å²) in [6.07, 6.45) is 0.572. The molecule has 0 saturated carbocycles. The molecule has 17 heavy (non-hydrogen) atoms. The second-order valence-corrected chi connectivity index (χ2v) is 5.35. The van der Waals surface area contributed by atoms with E-state index in [1.807, 2.05) is 0 Å². The standard InChI is InChI=1S/C11H10ClNO3S/c12-10-4-9(13(15)16)2-1-7(10)3-8-5-17-6-11(8)14/h1-2,4,8H,3,5-6H2. The van der Waals surface area contributed by atoms with Gasteiger partial charge in [-0.3, -0.25) is 14.9 Å². The van der Waals surface area contributed by atoms with Crippen LogP contribution in [0.15, 0.2) is 18.2 Å². The van der Waals surface area contributed by atoms with Crippen LogP contribution in [0.4, 0.5) is 5.69 Å². The Balaban J connectivity index is 2.16. The Labute approximate surface area is 107 Å². The third-order valence-corrected chi connectivity index (χ3v) is 4.21. The molecule has 0 aliphatic carbocycles. The summed E-state index contributed by atoms with van der Waals surface area (Å²) in [5, 5.41) is 10.9. The summed E-state index contributed by atoms with van der Waals surface area (Å²) in [6.45, 7) is 0. The van der Waals surface area contributed by atoms with Gasteiger partial charge in [-0.05, 0) is 12.0 Å². The molecule has 2 rings (SSSR count). The highest BCUT2D eigenvalue weighted by atomic mass is 35.5. The van der Waals surface area contributed by atoms with Gasteiger partial charge in [0.15, 0.2) is 0 Å². The van der Waals surface area contributed by atoms with Crippen LogP contribution in [-0.4, -0.2) is 22.2 Å². The minimum absolute atomic E-state index is 0.000967. The summed E-state index contributed by atoms with van der Waals surface area (Å²) in [4.78, 5) is 21.6. The van der Waals surface area contributed by atoms with Crippen LogP contribution in [0.5, 0.6) is 0 Å². The van der Waals surface area contributed by atoms with E-state index < -0.39 is 4.92 Å². The van der Waals surface area contributed by atoms with E-state index in [4.69, 9.17) is 11.6 Å². The molecule has 90 valence electrons. The van der Waals surface area contributed by atoms with Crippen LogP contribution < -0.4 is 0 Å². The van der Waals surface area contributed by atoms with Crippen LogP contribution in [0.25, 0.3) is 0 Å². The number of rotatable bonds is 3. The van der Waals surface area contributed by atoms with Gasteiger partial charge in [-0.1, -0.05) is 17.7 Å². The molecule has 0 radical (unpaired) electrons. The smallest absolute Gasteiger partial charge is 0.270 e. The molecule has 1 saturated heterocycles. The van der Waals surface area contributed by atoms with Crippen LogP contribution in [0.1, 0.15) is 5.56 Å². The van der Waals surface area contributed by atoms with Crippen LogP contribution in [0.3, 0.4) is 0 Å². The Morgan fingerprint density at radius 3 is 2.82 bits per heavy atom. The lowest BCUT2D eigenvalue weighted by Crippen LogP contribution is -2.14. The fourth-order valence-corrected chi connectivity index (χ4v) is 3.16. The van der Waals surface area contributed by atoms with E-state index in [1.54, 1.807) is 17.8 Å². The molecule has 0 aromatic heterocycles. The largest absolute Gasteiger partial charge is 0.298 e. The summed E-state index contributed by atoms with van der Waals surface area (Å²) in [6, 6.07) is 4.40. The summed E-state index contributed by atoms with van der Waals surface area (Å²) in [5.41, 5.74) is 0.781. The first kappa shape index (κ1) is 12.4. The van der Waals surface area contributed by atoms with Crippen molar-refractivity contribution in [2.24, 2.45) is 5.92 Å². The van der Waals surface area contributed by atoms with E-state index in [-0.39, 0.29) is 17.4 Å². The molecule has 1 unspecified atom stereocenters. The van der Waals surface area contributed by atoms with Crippen LogP contribution in [0, 0.1) is 16.0 Å². The normalized spacial score (nSPS) is 19.6. The number of hydrogen-bond acceptors (Lipinski definition) is 4. The average Bonchev–Trinajstić information content (AvgIpc) is 2.67. The Morgan fingerprint density at radius 2 is 2.29 bits per heavy atom.